The first-order valence-electron chi connectivity index (χ1n) is 8.38. The zero-order chi connectivity index (χ0) is 17.7. The van der Waals surface area contributed by atoms with E-state index in [-0.39, 0.29) is 5.54 Å². The minimum atomic E-state index is -0.144. The largest absolute Gasteiger partial charge is 0.493 e. The Morgan fingerprint density at radius 3 is 2.52 bits per heavy atom. The van der Waals surface area contributed by atoms with Crippen LogP contribution in [0.4, 0.5) is 5.69 Å². The van der Waals surface area contributed by atoms with Crippen LogP contribution in [0.3, 0.4) is 0 Å². The van der Waals surface area contributed by atoms with Crippen LogP contribution in [0.15, 0.2) is 42.7 Å². The van der Waals surface area contributed by atoms with E-state index in [9.17, 15) is 0 Å². The van der Waals surface area contributed by atoms with Crippen LogP contribution in [0.2, 0.25) is 0 Å². The lowest BCUT2D eigenvalue weighted by Crippen LogP contribution is -2.45. The van der Waals surface area contributed by atoms with E-state index in [1.165, 1.54) is 18.4 Å². The van der Waals surface area contributed by atoms with Gasteiger partial charge in [-0.3, -0.25) is 4.98 Å². The maximum Gasteiger partial charge on any atom is 0.171 e. The molecule has 5 nitrogen and oxygen atoms in total. The van der Waals surface area contributed by atoms with Crippen LogP contribution in [0.5, 0.6) is 11.5 Å². The summed E-state index contributed by atoms with van der Waals surface area (Å²) in [7, 11) is 3.24. The number of anilines is 1. The average Bonchev–Trinajstić information content (AvgIpc) is 3.11. The van der Waals surface area contributed by atoms with Crippen molar-refractivity contribution in [2.24, 2.45) is 0 Å². The van der Waals surface area contributed by atoms with E-state index in [1.54, 1.807) is 20.4 Å². The molecule has 0 saturated heterocycles. The second-order valence-electron chi connectivity index (χ2n) is 6.18. The lowest BCUT2D eigenvalue weighted by Gasteiger charge is -2.32. The summed E-state index contributed by atoms with van der Waals surface area (Å²) in [6.45, 7) is 0. The molecule has 2 aromatic rings. The summed E-state index contributed by atoms with van der Waals surface area (Å²) in [5.41, 5.74) is 1.90. The van der Waals surface area contributed by atoms with Crippen LogP contribution in [-0.2, 0) is 5.54 Å². The number of nitrogens with one attached hydrogen (secondary N) is 2. The Bertz CT molecular complexity index is 731. The summed E-state index contributed by atoms with van der Waals surface area (Å²) in [4.78, 5) is 4.27. The van der Waals surface area contributed by atoms with E-state index in [1.807, 2.05) is 30.5 Å². The molecule has 1 aromatic carbocycles. The first kappa shape index (κ1) is 17.5. The van der Waals surface area contributed by atoms with Crippen LogP contribution in [0, 0.1) is 0 Å². The number of benzene rings is 1. The molecule has 0 bridgehead atoms. The Hall–Kier alpha value is -2.34. The molecule has 1 heterocycles. The van der Waals surface area contributed by atoms with Gasteiger partial charge in [0.15, 0.2) is 16.6 Å². The first-order chi connectivity index (χ1) is 12.2. The highest BCUT2D eigenvalue weighted by molar-refractivity contribution is 7.80. The number of hydrogen-bond donors (Lipinski definition) is 2. The molecule has 1 aliphatic rings. The van der Waals surface area contributed by atoms with E-state index < -0.39 is 0 Å². The number of aromatic nitrogens is 1. The van der Waals surface area contributed by atoms with Crippen molar-refractivity contribution in [2.75, 3.05) is 19.5 Å². The van der Waals surface area contributed by atoms with Crippen molar-refractivity contribution in [2.45, 2.75) is 31.2 Å². The Labute approximate surface area is 153 Å². The van der Waals surface area contributed by atoms with Crippen molar-refractivity contribution < 1.29 is 9.47 Å². The van der Waals surface area contributed by atoms with Gasteiger partial charge in [0.1, 0.15) is 0 Å². The molecular formula is C19H23N3O2S. The lowest BCUT2D eigenvalue weighted by molar-refractivity contribution is 0.355. The molecule has 0 unspecified atom stereocenters. The maximum absolute atomic E-state index is 5.57. The minimum Gasteiger partial charge on any atom is -0.493 e. The summed E-state index contributed by atoms with van der Waals surface area (Å²) in [5, 5.41) is 7.38. The molecule has 3 rings (SSSR count). The minimum absolute atomic E-state index is 0.144. The fourth-order valence-electron chi connectivity index (χ4n) is 3.40. The number of hydrogen-bond acceptors (Lipinski definition) is 4. The van der Waals surface area contributed by atoms with Gasteiger partial charge >= 0.3 is 0 Å². The van der Waals surface area contributed by atoms with Gasteiger partial charge in [-0.15, -0.1) is 0 Å². The molecule has 1 aromatic heterocycles. The monoisotopic (exact) mass is 357 g/mol. The third-order valence-corrected chi connectivity index (χ3v) is 4.87. The van der Waals surface area contributed by atoms with Crippen molar-refractivity contribution in [3.63, 3.8) is 0 Å². The van der Waals surface area contributed by atoms with Gasteiger partial charge in [0.25, 0.3) is 0 Å². The molecule has 1 aliphatic carbocycles. The summed E-state index contributed by atoms with van der Waals surface area (Å²) in [5.74, 6) is 1.35. The van der Waals surface area contributed by atoms with E-state index >= 15 is 0 Å². The zero-order valence-electron chi connectivity index (χ0n) is 14.5. The van der Waals surface area contributed by atoms with Gasteiger partial charge in [-0.2, -0.15) is 0 Å². The highest BCUT2D eigenvalue weighted by Crippen LogP contribution is 2.38. The molecule has 0 radical (unpaired) electrons. The van der Waals surface area contributed by atoms with Gasteiger partial charge < -0.3 is 20.1 Å². The number of ether oxygens (including phenoxy) is 2. The van der Waals surface area contributed by atoms with Crippen molar-refractivity contribution in [3.05, 3.63) is 48.3 Å². The zero-order valence-corrected chi connectivity index (χ0v) is 15.4. The first-order valence-corrected chi connectivity index (χ1v) is 8.79. The number of pyridine rings is 1. The second kappa shape index (κ2) is 7.70. The molecule has 1 saturated carbocycles. The lowest BCUT2D eigenvalue weighted by atomic mass is 9.89. The van der Waals surface area contributed by atoms with Crippen molar-refractivity contribution in [3.8, 4) is 11.5 Å². The quantitative estimate of drug-likeness (QED) is 0.793. The van der Waals surface area contributed by atoms with Crippen LogP contribution in [0.1, 0.15) is 31.2 Å². The highest BCUT2D eigenvalue weighted by atomic mass is 32.1. The Kier molecular flexibility index (Phi) is 5.38. The third kappa shape index (κ3) is 3.85. The summed E-state index contributed by atoms with van der Waals surface area (Å²) in [6, 6.07) is 9.74. The van der Waals surface area contributed by atoms with Gasteiger partial charge in [-0.25, -0.2) is 0 Å². The van der Waals surface area contributed by atoms with E-state index in [2.05, 4.69) is 21.7 Å². The summed E-state index contributed by atoms with van der Waals surface area (Å²) < 4.78 is 10.6. The number of thiocarbonyl (C=S) groups is 1. The van der Waals surface area contributed by atoms with Gasteiger partial charge in [0, 0.05) is 24.1 Å². The molecule has 0 amide bonds. The topological polar surface area (TPSA) is 55.4 Å². The number of nitrogens with zero attached hydrogens (tertiary/aromatic N) is 1. The smallest absolute Gasteiger partial charge is 0.171 e. The molecule has 0 aliphatic heterocycles. The van der Waals surface area contributed by atoms with Gasteiger partial charge in [0.05, 0.1) is 19.8 Å². The number of methoxy groups -OCH3 is 2. The molecular weight excluding hydrogens is 334 g/mol. The molecule has 6 heteroatoms. The molecule has 0 atom stereocenters. The van der Waals surface area contributed by atoms with E-state index in [4.69, 9.17) is 21.7 Å². The predicted molar refractivity (Wildman–Crippen MR) is 103 cm³/mol. The average molecular weight is 357 g/mol. The number of rotatable bonds is 5. The van der Waals surface area contributed by atoms with Crippen LogP contribution in [-0.4, -0.2) is 24.3 Å². The maximum atomic E-state index is 5.57. The molecule has 1 fully saturated rings. The standard InChI is InChI=1S/C19H23N3O2S/c1-23-16-8-7-15(12-17(16)24-2)21-18(25)22-19(9-3-4-10-19)14-6-5-11-20-13-14/h5-8,11-13H,3-4,9-10H2,1-2H3,(H2,21,22,25). The Morgan fingerprint density at radius 2 is 1.88 bits per heavy atom. The summed E-state index contributed by atoms with van der Waals surface area (Å²) in [6.07, 6.45) is 8.18. The predicted octanol–water partition coefficient (Wildman–Crippen LogP) is 3.85. The third-order valence-electron chi connectivity index (χ3n) is 4.67. The van der Waals surface area contributed by atoms with Crippen molar-refractivity contribution >= 4 is 23.0 Å². The SMILES string of the molecule is COc1ccc(NC(=S)NC2(c3cccnc3)CCCC2)cc1OC. The fourth-order valence-corrected chi connectivity index (χ4v) is 3.72. The van der Waals surface area contributed by atoms with Crippen molar-refractivity contribution in [1.82, 2.24) is 10.3 Å². The van der Waals surface area contributed by atoms with Gasteiger partial charge in [-0.05, 0) is 48.8 Å². The van der Waals surface area contributed by atoms with E-state index in [0.29, 0.717) is 16.6 Å². The fraction of sp³-hybridized carbons (Fsp3) is 0.368. The van der Waals surface area contributed by atoms with E-state index in [0.717, 1.165) is 18.5 Å². The van der Waals surface area contributed by atoms with Crippen LogP contribution < -0.4 is 20.1 Å². The normalized spacial score (nSPS) is 15.4. The molecule has 2 N–H and O–H groups in total. The van der Waals surface area contributed by atoms with Gasteiger partial charge in [-0.1, -0.05) is 18.9 Å². The Balaban J connectivity index is 1.75. The van der Waals surface area contributed by atoms with Gasteiger partial charge in [0.2, 0.25) is 0 Å². The summed E-state index contributed by atoms with van der Waals surface area (Å²) >= 11 is 5.57. The second-order valence-corrected chi connectivity index (χ2v) is 6.59. The molecule has 132 valence electrons. The Morgan fingerprint density at radius 1 is 1.12 bits per heavy atom. The molecule has 25 heavy (non-hydrogen) atoms. The highest BCUT2D eigenvalue weighted by Gasteiger charge is 2.36. The molecule has 0 spiro atoms. The van der Waals surface area contributed by atoms with Crippen LogP contribution >= 0.6 is 12.2 Å². The van der Waals surface area contributed by atoms with Crippen LogP contribution in [0.25, 0.3) is 0 Å². The van der Waals surface area contributed by atoms with Crippen molar-refractivity contribution in [1.29, 1.82) is 0 Å².